The van der Waals surface area contributed by atoms with Crippen LogP contribution in [0.3, 0.4) is 0 Å². The van der Waals surface area contributed by atoms with Crippen LogP contribution in [0.4, 0.5) is 0 Å². The van der Waals surface area contributed by atoms with Crippen LogP contribution >= 0.6 is 0 Å². The van der Waals surface area contributed by atoms with Crippen molar-refractivity contribution in [2.45, 2.75) is 6.54 Å². The van der Waals surface area contributed by atoms with Crippen molar-refractivity contribution in [2.24, 2.45) is 5.73 Å². The maximum atomic E-state index is 12.4. The molecule has 2 aromatic heterocycles. The number of pyridine rings is 1. The summed E-state index contributed by atoms with van der Waals surface area (Å²) in [6.45, 7) is 0.642. The first-order chi connectivity index (χ1) is 9.72. The number of aromatic nitrogens is 3. The zero-order chi connectivity index (χ0) is 14.4. The molecule has 1 amide bonds. The van der Waals surface area contributed by atoms with Gasteiger partial charge >= 0.3 is 0 Å². The van der Waals surface area contributed by atoms with E-state index in [-0.39, 0.29) is 12.5 Å². The van der Waals surface area contributed by atoms with Gasteiger partial charge in [0.2, 0.25) is 0 Å². The zero-order valence-electron chi connectivity index (χ0n) is 11.1. The predicted octanol–water partition coefficient (Wildman–Crippen LogP) is 0.387. The molecule has 2 heterocycles. The number of hydrogen-bond acceptors (Lipinski definition) is 4. The normalized spacial score (nSPS) is 9.70. The largest absolute Gasteiger partial charge is 0.347 e. The van der Waals surface area contributed by atoms with Crippen molar-refractivity contribution >= 4 is 5.91 Å². The van der Waals surface area contributed by atoms with Crippen molar-refractivity contribution in [1.29, 1.82) is 0 Å². The lowest BCUT2D eigenvalue weighted by molar-refractivity contribution is 0.0781. The second kappa shape index (κ2) is 6.50. The van der Waals surface area contributed by atoms with Gasteiger partial charge in [0.1, 0.15) is 5.82 Å². The molecule has 0 aliphatic heterocycles. The molecule has 0 aromatic carbocycles. The highest BCUT2D eigenvalue weighted by Gasteiger charge is 2.15. The topological polar surface area (TPSA) is 87.9 Å². The summed E-state index contributed by atoms with van der Waals surface area (Å²) >= 11 is 0. The molecule has 20 heavy (non-hydrogen) atoms. The standard InChI is InChI=1S/C14H15N5O/c1-19(10-13-17-7-8-18-13)14(20)12-4-6-16-9-11(12)3-2-5-15/h4,6-9H,5,10,15H2,1H3,(H,17,18). The SMILES string of the molecule is CN(Cc1ncc[nH]1)C(=O)c1ccncc1C#CCN. The summed E-state index contributed by atoms with van der Waals surface area (Å²) in [7, 11) is 1.71. The van der Waals surface area contributed by atoms with Crippen LogP contribution in [0, 0.1) is 11.8 Å². The molecule has 0 fully saturated rings. The molecule has 0 unspecified atom stereocenters. The van der Waals surface area contributed by atoms with Crippen LogP contribution in [0.2, 0.25) is 0 Å². The highest BCUT2D eigenvalue weighted by atomic mass is 16.2. The van der Waals surface area contributed by atoms with Crippen molar-refractivity contribution in [3.63, 3.8) is 0 Å². The molecule has 0 aliphatic rings. The Balaban J connectivity index is 2.20. The summed E-state index contributed by atoms with van der Waals surface area (Å²) in [6.07, 6.45) is 6.51. The van der Waals surface area contributed by atoms with E-state index in [9.17, 15) is 4.79 Å². The minimum absolute atomic E-state index is 0.134. The smallest absolute Gasteiger partial charge is 0.255 e. The summed E-state index contributed by atoms with van der Waals surface area (Å²) in [5.41, 5.74) is 6.44. The minimum Gasteiger partial charge on any atom is -0.347 e. The van der Waals surface area contributed by atoms with Crippen LogP contribution in [0.1, 0.15) is 21.7 Å². The van der Waals surface area contributed by atoms with Crippen molar-refractivity contribution in [1.82, 2.24) is 19.9 Å². The second-order valence-corrected chi connectivity index (χ2v) is 4.12. The van der Waals surface area contributed by atoms with Crippen molar-refractivity contribution in [3.8, 4) is 11.8 Å². The lowest BCUT2D eigenvalue weighted by Gasteiger charge is -2.16. The lowest BCUT2D eigenvalue weighted by atomic mass is 10.1. The Kier molecular flexibility index (Phi) is 4.47. The Morgan fingerprint density at radius 3 is 3.05 bits per heavy atom. The van der Waals surface area contributed by atoms with E-state index < -0.39 is 0 Å². The maximum Gasteiger partial charge on any atom is 0.255 e. The van der Waals surface area contributed by atoms with Gasteiger partial charge < -0.3 is 15.6 Å². The van der Waals surface area contributed by atoms with Gasteiger partial charge in [0.05, 0.1) is 24.2 Å². The Morgan fingerprint density at radius 1 is 1.50 bits per heavy atom. The number of nitrogens with zero attached hydrogens (tertiary/aromatic N) is 3. The Bertz CT molecular complexity index is 639. The second-order valence-electron chi connectivity index (χ2n) is 4.12. The van der Waals surface area contributed by atoms with Gasteiger partial charge in [0, 0.05) is 31.8 Å². The summed E-state index contributed by atoms with van der Waals surface area (Å²) in [5, 5.41) is 0. The molecular weight excluding hydrogens is 254 g/mol. The first-order valence-electron chi connectivity index (χ1n) is 6.09. The first kappa shape index (κ1) is 13.8. The van der Waals surface area contributed by atoms with E-state index in [4.69, 9.17) is 5.73 Å². The number of nitrogens with two attached hydrogens (primary N) is 1. The fraction of sp³-hybridized carbons (Fsp3) is 0.214. The Morgan fingerprint density at radius 2 is 2.35 bits per heavy atom. The van der Waals surface area contributed by atoms with Gasteiger partial charge in [-0.05, 0) is 6.07 Å². The maximum absolute atomic E-state index is 12.4. The Labute approximate surface area is 117 Å². The molecule has 6 heteroatoms. The molecule has 3 N–H and O–H groups in total. The van der Waals surface area contributed by atoms with Crippen LogP contribution in [0.15, 0.2) is 30.9 Å². The summed E-state index contributed by atoms with van der Waals surface area (Å²) in [6, 6.07) is 1.65. The number of amides is 1. The molecule has 0 saturated heterocycles. The number of carbonyl (C=O) groups excluding carboxylic acids is 1. The third kappa shape index (κ3) is 3.22. The number of H-pyrrole nitrogens is 1. The zero-order valence-corrected chi connectivity index (χ0v) is 11.1. The van der Waals surface area contributed by atoms with E-state index in [0.717, 1.165) is 5.82 Å². The molecule has 2 aromatic rings. The van der Waals surface area contributed by atoms with Crippen LogP contribution in [-0.4, -0.2) is 39.4 Å². The van der Waals surface area contributed by atoms with Gasteiger partial charge in [0.15, 0.2) is 0 Å². The monoisotopic (exact) mass is 269 g/mol. The quantitative estimate of drug-likeness (QED) is 0.789. The van der Waals surface area contributed by atoms with E-state index in [2.05, 4.69) is 26.8 Å². The van der Waals surface area contributed by atoms with E-state index >= 15 is 0 Å². The third-order valence-electron chi connectivity index (χ3n) is 2.67. The molecule has 2 rings (SSSR count). The van der Waals surface area contributed by atoms with Crippen LogP contribution in [-0.2, 0) is 6.54 Å². The molecule has 0 radical (unpaired) electrons. The van der Waals surface area contributed by atoms with Gasteiger partial charge in [-0.15, -0.1) is 0 Å². The fourth-order valence-corrected chi connectivity index (χ4v) is 1.71. The van der Waals surface area contributed by atoms with Crippen molar-refractivity contribution in [3.05, 3.63) is 47.8 Å². The summed E-state index contributed by atoms with van der Waals surface area (Å²) in [4.78, 5) is 25.0. The van der Waals surface area contributed by atoms with Gasteiger partial charge in [-0.25, -0.2) is 4.98 Å². The van der Waals surface area contributed by atoms with Crippen LogP contribution in [0.5, 0.6) is 0 Å². The number of aromatic amines is 1. The number of rotatable bonds is 3. The first-order valence-corrected chi connectivity index (χ1v) is 6.09. The van der Waals surface area contributed by atoms with Gasteiger partial charge in [-0.2, -0.15) is 0 Å². The third-order valence-corrected chi connectivity index (χ3v) is 2.67. The molecule has 102 valence electrons. The van der Waals surface area contributed by atoms with Crippen molar-refractivity contribution < 1.29 is 4.79 Å². The molecule has 0 saturated carbocycles. The van der Waals surface area contributed by atoms with Crippen molar-refractivity contribution in [2.75, 3.05) is 13.6 Å². The van der Waals surface area contributed by atoms with Gasteiger partial charge in [-0.1, -0.05) is 11.8 Å². The molecule has 6 nitrogen and oxygen atoms in total. The fourth-order valence-electron chi connectivity index (χ4n) is 1.71. The average molecular weight is 269 g/mol. The number of imidazole rings is 1. The molecule has 0 bridgehead atoms. The van der Waals surface area contributed by atoms with Crippen LogP contribution in [0.25, 0.3) is 0 Å². The average Bonchev–Trinajstić information content (AvgIpc) is 2.97. The number of nitrogens with one attached hydrogen (secondary N) is 1. The van der Waals surface area contributed by atoms with E-state index in [0.29, 0.717) is 17.7 Å². The van der Waals surface area contributed by atoms with Crippen LogP contribution < -0.4 is 5.73 Å². The van der Waals surface area contributed by atoms with E-state index in [1.165, 1.54) is 0 Å². The van der Waals surface area contributed by atoms with Gasteiger partial charge in [-0.3, -0.25) is 9.78 Å². The number of carbonyl (C=O) groups is 1. The minimum atomic E-state index is -0.134. The Hall–Kier alpha value is -2.65. The summed E-state index contributed by atoms with van der Waals surface area (Å²) < 4.78 is 0. The molecule has 0 spiro atoms. The number of hydrogen-bond donors (Lipinski definition) is 2. The highest BCUT2D eigenvalue weighted by Crippen LogP contribution is 2.10. The van der Waals surface area contributed by atoms with Gasteiger partial charge in [0.25, 0.3) is 5.91 Å². The van der Waals surface area contributed by atoms with E-state index in [1.54, 1.807) is 42.8 Å². The molecule has 0 atom stereocenters. The highest BCUT2D eigenvalue weighted by molar-refractivity contribution is 5.96. The van der Waals surface area contributed by atoms with E-state index in [1.807, 2.05) is 0 Å². The molecule has 0 aliphatic carbocycles. The molecular formula is C14H15N5O. The summed E-state index contributed by atoms with van der Waals surface area (Å²) in [5.74, 6) is 6.18. The lowest BCUT2D eigenvalue weighted by Crippen LogP contribution is -2.27. The predicted molar refractivity (Wildman–Crippen MR) is 74.6 cm³/mol.